The Morgan fingerprint density at radius 3 is 2.14 bits per heavy atom. The summed E-state index contributed by atoms with van der Waals surface area (Å²) in [7, 11) is 1.37. The topological polar surface area (TPSA) is 41.1 Å². The molecule has 0 atom stereocenters. The summed E-state index contributed by atoms with van der Waals surface area (Å²) in [5, 5.41) is 4.75. The van der Waals surface area contributed by atoms with E-state index in [1.54, 1.807) is 6.92 Å². The average Bonchev–Trinajstić information content (AvgIpc) is 2.42. The lowest BCUT2D eigenvalue weighted by atomic mass is 10.1. The van der Waals surface area contributed by atoms with E-state index in [2.05, 4.69) is 10.6 Å². The highest BCUT2D eigenvalue weighted by atomic mass is 19.1. The van der Waals surface area contributed by atoms with E-state index in [1.165, 1.54) is 19.2 Å². The molecule has 0 saturated heterocycles. The number of benzene rings is 2. The summed E-state index contributed by atoms with van der Waals surface area (Å²) in [6.45, 7) is 1.59. The largest absolute Gasteiger partial charge is 0.383 e. The lowest BCUT2D eigenvalue weighted by Crippen LogP contribution is -2.13. The molecule has 0 aliphatic heterocycles. The Hall–Kier alpha value is -2.50. The molecule has 0 unspecified atom stereocenters. The minimum atomic E-state index is -0.877. The van der Waals surface area contributed by atoms with Crippen molar-refractivity contribution in [2.75, 3.05) is 17.7 Å². The van der Waals surface area contributed by atoms with Crippen molar-refractivity contribution in [3.8, 4) is 0 Å². The summed E-state index contributed by atoms with van der Waals surface area (Å²) in [4.78, 5) is 11.9. The summed E-state index contributed by atoms with van der Waals surface area (Å²) in [5.74, 6) is -2.95. The Morgan fingerprint density at radius 2 is 1.62 bits per heavy atom. The first-order valence-corrected chi connectivity index (χ1v) is 6.16. The number of carbonyl (C=O) groups is 1. The summed E-state index contributed by atoms with van der Waals surface area (Å²) >= 11 is 0. The van der Waals surface area contributed by atoms with Crippen LogP contribution in [0.25, 0.3) is 0 Å². The van der Waals surface area contributed by atoms with Gasteiger partial charge in [-0.05, 0) is 36.8 Å². The summed E-state index contributed by atoms with van der Waals surface area (Å²) in [6, 6.07) is 5.96. The molecule has 0 aromatic heterocycles. The molecule has 110 valence electrons. The van der Waals surface area contributed by atoms with Crippen LogP contribution in [0.5, 0.6) is 0 Å². The second-order valence-corrected chi connectivity index (χ2v) is 4.48. The molecule has 0 fully saturated rings. The van der Waals surface area contributed by atoms with Crippen LogP contribution >= 0.6 is 0 Å². The van der Waals surface area contributed by atoms with Crippen molar-refractivity contribution in [1.82, 2.24) is 0 Å². The zero-order valence-electron chi connectivity index (χ0n) is 11.4. The van der Waals surface area contributed by atoms with Gasteiger partial charge >= 0.3 is 0 Å². The SMILES string of the molecule is CNc1c(F)cc(C(=O)Nc2ccc(C)c(F)c2)cc1F. The predicted octanol–water partition coefficient (Wildman–Crippen LogP) is 3.71. The first-order chi connectivity index (χ1) is 9.92. The lowest BCUT2D eigenvalue weighted by molar-refractivity contribution is 0.102. The zero-order valence-corrected chi connectivity index (χ0v) is 11.4. The molecule has 0 radical (unpaired) electrons. The van der Waals surface area contributed by atoms with Crippen molar-refractivity contribution in [2.45, 2.75) is 6.92 Å². The number of rotatable bonds is 3. The molecule has 3 nitrogen and oxygen atoms in total. The number of aryl methyl sites for hydroxylation is 1. The molecule has 0 aliphatic carbocycles. The second kappa shape index (κ2) is 5.87. The van der Waals surface area contributed by atoms with Gasteiger partial charge in [0.25, 0.3) is 5.91 Å². The van der Waals surface area contributed by atoms with Gasteiger partial charge in [-0.25, -0.2) is 13.2 Å². The van der Waals surface area contributed by atoms with E-state index in [4.69, 9.17) is 0 Å². The Kier molecular flexibility index (Phi) is 4.16. The molecule has 2 aromatic carbocycles. The molecule has 1 amide bonds. The van der Waals surface area contributed by atoms with Crippen molar-refractivity contribution in [3.63, 3.8) is 0 Å². The molecule has 0 spiro atoms. The van der Waals surface area contributed by atoms with E-state index in [9.17, 15) is 18.0 Å². The normalized spacial score (nSPS) is 10.3. The third kappa shape index (κ3) is 3.16. The van der Waals surface area contributed by atoms with E-state index >= 15 is 0 Å². The Bertz CT molecular complexity index is 678. The number of hydrogen-bond acceptors (Lipinski definition) is 2. The maximum absolute atomic E-state index is 13.6. The predicted molar refractivity (Wildman–Crippen MR) is 75.0 cm³/mol. The molecule has 0 bridgehead atoms. The summed E-state index contributed by atoms with van der Waals surface area (Å²) in [5.41, 5.74) is 0.142. The molecule has 0 saturated carbocycles. The van der Waals surface area contributed by atoms with Gasteiger partial charge in [-0.2, -0.15) is 0 Å². The van der Waals surface area contributed by atoms with Crippen molar-refractivity contribution in [1.29, 1.82) is 0 Å². The highest BCUT2D eigenvalue weighted by Gasteiger charge is 2.14. The van der Waals surface area contributed by atoms with Crippen LogP contribution in [0.15, 0.2) is 30.3 Å². The summed E-state index contributed by atoms with van der Waals surface area (Å²) in [6.07, 6.45) is 0. The van der Waals surface area contributed by atoms with Crippen molar-refractivity contribution >= 4 is 17.3 Å². The maximum atomic E-state index is 13.6. The third-order valence-corrected chi connectivity index (χ3v) is 2.98. The first kappa shape index (κ1) is 14.9. The molecular formula is C15H13F3N2O. The zero-order chi connectivity index (χ0) is 15.6. The Morgan fingerprint density at radius 1 is 1.00 bits per heavy atom. The number of halogens is 3. The van der Waals surface area contributed by atoms with Crippen LogP contribution in [0.3, 0.4) is 0 Å². The molecular weight excluding hydrogens is 281 g/mol. The van der Waals surface area contributed by atoms with Gasteiger partial charge in [0, 0.05) is 18.3 Å². The standard InChI is InChI=1S/C15H13F3N2O/c1-8-3-4-10(7-11(8)16)20-15(21)9-5-12(17)14(19-2)13(18)6-9/h3-7,19H,1-2H3,(H,20,21). The number of carbonyl (C=O) groups excluding carboxylic acids is 1. The number of amides is 1. The molecule has 2 N–H and O–H groups in total. The fourth-order valence-electron chi connectivity index (χ4n) is 1.82. The van der Waals surface area contributed by atoms with E-state index in [0.29, 0.717) is 5.56 Å². The van der Waals surface area contributed by atoms with Gasteiger partial charge in [0.2, 0.25) is 0 Å². The summed E-state index contributed by atoms with van der Waals surface area (Å²) < 4.78 is 40.5. The second-order valence-electron chi connectivity index (χ2n) is 4.48. The molecule has 0 heterocycles. The van der Waals surface area contributed by atoms with Crippen molar-refractivity contribution in [3.05, 3.63) is 58.9 Å². The fraction of sp³-hybridized carbons (Fsp3) is 0.133. The van der Waals surface area contributed by atoms with Crippen molar-refractivity contribution < 1.29 is 18.0 Å². The van der Waals surface area contributed by atoms with Gasteiger partial charge in [0.05, 0.1) is 0 Å². The molecule has 2 aromatic rings. The molecule has 21 heavy (non-hydrogen) atoms. The highest BCUT2D eigenvalue weighted by Crippen LogP contribution is 2.21. The average molecular weight is 294 g/mol. The molecule has 2 rings (SSSR count). The van der Waals surface area contributed by atoms with Gasteiger partial charge in [0.15, 0.2) is 0 Å². The first-order valence-electron chi connectivity index (χ1n) is 6.16. The van der Waals surface area contributed by atoms with Crippen LogP contribution in [0, 0.1) is 24.4 Å². The van der Waals surface area contributed by atoms with Crippen molar-refractivity contribution in [2.24, 2.45) is 0 Å². The quantitative estimate of drug-likeness (QED) is 0.906. The smallest absolute Gasteiger partial charge is 0.255 e. The highest BCUT2D eigenvalue weighted by molar-refractivity contribution is 6.04. The molecule has 0 aliphatic rings. The third-order valence-electron chi connectivity index (χ3n) is 2.98. The minimum Gasteiger partial charge on any atom is -0.383 e. The van der Waals surface area contributed by atoms with Crippen LogP contribution < -0.4 is 10.6 Å². The van der Waals surface area contributed by atoms with E-state index < -0.39 is 23.4 Å². The molecule has 6 heteroatoms. The van der Waals surface area contributed by atoms with Crippen LogP contribution in [-0.2, 0) is 0 Å². The monoisotopic (exact) mass is 294 g/mol. The van der Waals surface area contributed by atoms with E-state index in [0.717, 1.165) is 18.2 Å². The Balaban J connectivity index is 2.26. The van der Waals surface area contributed by atoms with Crippen LogP contribution in [-0.4, -0.2) is 13.0 Å². The minimum absolute atomic E-state index is 0.190. The lowest BCUT2D eigenvalue weighted by Gasteiger charge is -2.09. The Labute approximate surface area is 119 Å². The number of nitrogens with one attached hydrogen (secondary N) is 2. The van der Waals surface area contributed by atoms with Crippen LogP contribution in [0.1, 0.15) is 15.9 Å². The van der Waals surface area contributed by atoms with Gasteiger partial charge < -0.3 is 10.6 Å². The van der Waals surface area contributed by atoms with E-state index in [-0.39, 0.29) is 16.9 Å². The van der Waals surface area contributed by atoms with E-state index in [1.807, 2.05) is 0 Å². The number of hydrogen-bond donors (Lipinski definition) is 2. The van der Waals surface area contributed by atoms with Gasteiger partial charge in [0.1, 0.15) is 23.1 Å². The van der Waals surface area contributed by atoms with Crippen LogP contribution in [0.4, 0.5) is 24.5 Å². The number of anilines is 2. The van der Waals surface area contributed by atoms with Crippen LogP contribution in [0.2, 0.25) is 0 Å². The maximum Gasteiger partial charge on any atom is 0.255 e. The van der Waals surface area contributed by atoms with Gasteiger partial charge in [-0.15, -0.1) is 0 Å². The van der Waals surface area contributed by atoms with Gasteiger partial charge in [-0.1, -0.05) is 6.07 Å². The van der Waals surface area contributed by atoms with Gasteiger partial charge in [-0.3, -0.25) is 4.79 Å². The fourth-order valence-corrected chi connectivity index (χ4v) is 1.82.